The first-order valence-corrected chi connectivity index (χ1v) is 7.46. The molecule has 0 fully saturated rings. The molecule has 0 aliphatic heterocycles. The lowest BCUT2D eigenvalue weighted by Crippen LogP contribution is -2.12. The third-order valence-corrected chi connectivity index (χ3v) is 3.36. The summed E-state index contributed by atoms with van der Waals surface area (Å²) < 4.78 is 0. The van der Waals surface area contributed by atoms with E-state index in [-0.39, 0.29) is 6.04 Å². The summed E-state index contributed by atoms with van der Waals surface area (Å²) in [4.78, 5) is 0. The molecule has 0 saturated carbocycles. The molecule has 0 radical (unpaired) electrons. The van der Waals surface area contributed by atoms with Gasteiger partial charge in [-0.25, -0.2) is 0 Å². The van der Waals surface area contributed by atoms with E-state index < -0.39 is 0 Å². The lowest BCUT2D eigenvalue weighted by Gasteiger charge is -2.14. The van der Waals surface area contributed by atoms with Gasteiger partial charge >= 0.3 is 0 Å². The lowest BCUT2D eigenvalue weighted by molar-refractivity contribution is 0.894. The number of nitriles is 1. The van der Waals surface area contributed by atoms with Crippen LogP contribution in [0.3, 0.4) is 0 Å². The van der Waals surface area contributed by atoms with Crippen molar-refractivity contribution in [3.05, 3.63) is 54.2 Å². The Bertz CT molecular complexity index is 866. The van der Waals surface area contributed by atoms with Crippen LogP contribution < -0.4 is 10.6 Å². The van der Waals surface area contributed by atoms with Gasteiger partial charge in [-0.3, -0.25) is 0 Å². The molecule has 5 heteroatoms. The molecule has 23 heavy (non-hydrogen) atoms. The van der Waals surface area contributed by atoms with Crippen molar-refractivity contribution in [2.75, 3.05) is 10.6 Å². The average Bonchev–Trinajstić information content (AvgIpc) is 2.55. The zero-order valence-electron chi connectivity index (χ0n) is 13.0. The van der Waals surface area contributed by atoms with E-state index in [0.29, 0.717) is 5.69 Å². The molecule has 5 nitrogen and oxygen atoms in total. The Hall–Kier alpha value is -3.13. The summed E-state index contributed by atoms with van der Waals surface area (Å²) in [6.45, 7) is 4.05. The molecule has 0 unspecified atom stereocenters. The van der Waals surface area contributed by atoms with Gasteiger partial charge in [0.15, 0.2) is 5.69 Å². The number of rotatable bonds is 4. The smallest absolute Gasteiger partial charge is 0.186 e. The van der Waals surface area contributed by atoms with Gasteiger partial charge in [0, 0.05) is 22.8 Å². The number of anilines is 3. The van der Waals surface area contributed by atoms with Gasteiger partial charge < -0.3 is 10.6 Å². The summed E-state index contributed by atoms with van der Waals surface area (Å²) in [5.74, 6) is 0. The normalized spacial score (nSPS) is 10.5. The predicted octanol–water partition coefficient (Wildman–Crippen LogP) is 4.07. The SMILES string of the molecule is CC(C)Nc1c(C#N)nnc2cc(Nc3ccccc3)ccc12. The van der Waals surface area contributed by atoms with Crippen molar-refractivity contribution in [1.29, 1.82) is 5.26 Å². The van der Waals surface area contributed by atoms with Crippen molar-refractivity contribution in [3.8, 4) is 6.07 Å². The summed E-state index contributed by atoms with van der Waals surface area (Å²) in [5, 5.41) is 24.9. The van der Waals surface area contributed by atoms with Gasteiger partial charge in [0.25, 0.3) is 0 Å². The van der Waals surface area contributed by atoms with Crippen LogP contribution in [0.4, 0.5) is 17.1 Å². The highest BCUT2D eigenvalue weighted by Gasteiger charge is 2.12. The van der Waals surface area contributed by atoms with Crippen molar-refractivity contribution in [1.82, 2.24) is 10.2 Å². The third-order valence-electron chi connectivity index (χ3n) is 3.36. The minimum atomic E-state index is 0.205. The maximum Gasteiger partial charge on any atom is 0.186 e. The first-order chi connectivity index (χ1) is 11.2. The molecular formula is C18H17N5. The molecular weight excluding hydrogens is 286 g/mol. The van der Waals surface area contributed by atoms with Crippen LogP contribution >= 0.6 is 0 Å². The Morgan fingerprint density at radius 2 is 1.78 bits per heavy atom. The van der Waals surface area contributed by atoms with Crippen LogP contribution in [-0.4, -0.2) is 16.2 Å². The number of para-hydroxylation sites is 1. The number of aromatic nitrogens is 2. The van der Waals surface area contributed by atoms with Gasteiger partial charge in [-0.15, -0.1) is 10.2 Å². The van der Waals surface area contributed by atoms with E-state index >= 15 is 0 Å². The van der Waals surface area contributed by atoms with Crippen LogP contribution in [0, 0.1) is 11.3 Å². The van der Waals surface area contributed by atoms with Gasteiger partial charge in [0.05, 0.1) is 11.2 Å². The van der Waals surface area contributed by atoms with Crippen LogP contribution in [0.5, 0.6) is 0 Å². The van der Waals surface area contributed by atoms with Crippen molar-refractivity contribution >= 4 is 28.0 Å². The molecule has 2 N–H and O–H groups in total. The summed E-state index contributed by atoms with van der Waals surface area (Å²) >= 11 is 0. The van der Waals surface area contributed by atoms with E-state index in [0.717, 1.165) is 28.0 Å². The highest BCUT2D eigenvalue weighted by Crippen LogP contribution is 2.28. The van der Waals surface area contributed by atoms with Crippen molar-refractivity contribution in [2.24, 2.45) is 0 Å². The van der Waals surface area contributed by atoms with Crippen LogP contribution in [0.25, 0.3) is 10.9 Å². The van der Waals surface area contributed by atoms with Gasteiger partial charge in [0.1, 0.15) is 6.07 Å². The van der Waals surface area contributed by atoms with E-state index in [2.05, 4.69) is 26.9 Å². The number of fused-ring (bicyclic) bond motifs is 1. The quantitative estimate of drug-likeness (QED) is 0.760. The monoisotopic (exact) mass is 303 g/mol. The maximum absolute atomic E-state index is 9.24. The van der Waals surface area contributed by atoms with Gasteiger partial charge in [-0.1, -0.05) is 18.2 Å². The lowest BCUT2D eigenvalue weighted by atomic mass is 10.1. The first-order valence-electron chi connectivity index (χ1n) is 7.46. The van der Waals surface area contributed by atoms with Crippen LogP contribution in [0.2, 0.25) is 0 Å². The molecule has 3 rings (SSSR count). The van der Waals surface area contributed by atoms with Crippen LogP contribution in [0.15, 0.2) is 48.5 Å². The Labute approximate surface area is 135 Å². The molecule has 1 heterocycles. The van der Waals surface area contributed by atoms with Crippen molar-refractivity contribution in [2.45, 2.75) is 19.9 Å². The summed E-state index contributed by atoms with van der Waals surface area (Å²) in [7, 11) is 0. The average molecular weight is 303 g/mol. The van der Waals surface area contributed by atoms with E-state index in [1.165, 1.54) is 0 Å². The Morgan fingerprint density at radius 1 is 1.00 bits per heavy atom. The number of hydrogen-bond donors (Lipinski definition) is 2. The standard InChI is InChI=1S/C18H17N5/c1-12(2)20-18-15-9-8-14(21-13-6-4-3-5-7-13)10-16(15)22-23-17(18)11-19/h3-10,12,21H,1-2H3,(H,20,22). The number of nitrogens with zero attached hydrogens (tertiary/aromatic N) is 3. The van der Waals surface area contributed by atoms with Crippen molar-refractivity contribution < 1.29 is 0 Å². The second kappa shape index (κ2) is 6.32. The Balaban J connectivity index is 2.02. The minimum absolute atomic E-state index is 0.205. The molecule has 0 bridgehead atoms. The number of hydrogen-bond acceptors (Lipinski definition) is 5. The summed E-state index contributed by atoms with van der Waals surface area (Å²) in [6.07, 6.45) is 0. The molecule has 0 aliphatic carbocycles. The second-order valence-electron chi connectivity index (χ2n) is 5.56. The van der Waals surface area contributed by atoms with Gasteiger partial charge in [0.2, 0.25) is 0 Å². The largest absolute Gasteiger partial charge is 0.380 e. The highest BCUT2D eigenvalue weighted by atomic mass is 15.1. The molecule has 0 spiro atoms. The number of benzene rings is 2. The Morgan fingerprint density at radius 3 is 2.48 bits per heavy atom. The molecule has 0 amide bonds. The highest BCUT2D eigenvalue weighted by molar-refractivity contribution is 5.95. The van der Waals surface area contributed by atoms with Crippen molar-refractivity contribution in [3.63, 3.8) is 0 Å². The first kappa shape index (κ1) is 14.8. The van der Waals surface area contributed by atoms with E-state index in [9.17, 15) is 5.26 Å². The summed E-state index contributed by atoms with van der Waals surface area (Å²) in [6, 6.07) is 18.1. The third kappa shape index (κ3) is 3.22. The molecule has 0 saturated heterocycles. The Kier molecular flexibility index (Phi) is 4.07. The van der Waals surface area contributed by atoms with Crippen LogP contribution in [0.1, 0.15) is 19.5 Å². The van der Waals surface area contributed by atoms with Gasteiger partial charge in [-0.2, -0.15) is 5.26 Å². The zero-order valence-corrected chi connectivity index (χ0v) is 13.0. The molecule has 0 atom stereocenters. The minimum Gasteiger partial charge on any atom is -0.380 e. The maximum atomic E-state index is 9.24. The molecule has 1 aromatic heterocycles. The molecule has 114 valence electrons. The fourth-order valence-corrected chi connectivity index (χ4v) is 2.39. The van der Waals surface area contributed by atoms with E-state index in [1.807, 2.05) is 62.4 Å². The van der Waals surface area contributed by atoms with Gasteiger partial charge in [-0.05, 0) is 44.2 Å². The second-order valence-corrected chi connectivity index (χ2v) is 5.56. The molecule has 2 aromatic carbocycles. The predicted molar refractivity (Wildman–Crippen MR) is 92.7 cm³/mol. The molecule has 3 aromatic rings. The zero-order chi connectivity index (χ0) is 16.2. The summed E-state index contributed by atoms with van der Waals surface area (Å²) in [5.41, 5.74) is 3.73. The number of nitrogens with one attached hydrogen (secondary N) is 2. The van der Waals surface area contributed by atoms with Crippen LogP contribution in [-0.2, 0) is 0 Å². The fraction of sp³-hybridized carbons (Fsp3) is 0.167. The fourth-order valence-electron chi connectivity index (χ4n) is 2.39. The molecule has 0 aliphatic rings. The van der Waals surface area contributed by atoms with E-state index in [4.69, 9.17) is 0 Å². The topological polar surface area (TPSA) is 73.6 Å². The van der Waals surface area contributed by atoms with E-state index in [1.54, 1.807) is 0 Å².